The molecule has 0 amide bonds. The summed E-state index contributed by atoms with van der Waals surface area (Å²) in [6.45, 7) is 5.71. The summed E-state index contributed by atoms with van der Waals surface area (Å²) in [5.74, 6) is -1.57. The molecule has 52 heavy (non-hydrogen) atoms. The summed E-state index contributed by atoms with van der Waals surface area (Å²) in [5.41, 5.74) is 3.83. The van der Waals surface area contributed by atoms with Gasteiger partial charge < -0.3 is 30.3 Å². The number of aliphatic hydroxyl groups is 1. The lowest BCUT2D eigenvalue weighted by Crippen LogP contribution is -2.28. The van der Waals surface area contributed by atoms with E-state index in [1.54, 1.807) is 0 Å². The lowest BCUT2D eigenvalue weighted by atomic mass is 9.92. The minimum Gasteiger partial charge on any atom is -0.481 e. The molecule has 1 aliphatic rings. The number of allylic oxidation sites excluding steroid dienone is 5. The van der Waals surface area contributed by atoms with Gasteiger partial charge in [-0.2, -0.15) is 0 Å². The van der Waals surface area contributed by atoms with Crippen molar-refractivity contribution in [1.29, 1.82) is 0 Å². The van der Waals surface area contributed by atoms with E-state index in [0.717, 1.165) is 110 Å². The fraction of sp³-hybridized carbons (Fsp3) is 0.791. The fourth-order valence-corrected chi connectivity index (χ4v) is 6.90. The van der Waals surface area contributed by atoms with Crippen molar-refractivity contribution >= 4 is 17.9 Å². The predicted octanol–water partition coefficient (Wildman–Crippen LogP) is 10.2. The highest BCUT2D eigenvalue weighted by Gasteiger charge is 2.15. The average molecular weight is 733 g/mol. The standard InChI is InChI=1S/C43H76N2O7/c1-2-3-4-5-6-7-8-9-10-11-21-37-52-43(51)31-19-14-20-33-45(35-24-36-46)34-23-26-38-25-22-32-44-40(28-16-13-18-30-42(49)50)39(38)27-15-12-17-29-41(47)48/h22,25,32,44,46H,2-21,23-24,26-31,33-37H2,1H3,(H,47,48)(H,49,50). The summed E-state index contributed by atoms with van der Waals surface area (Å²) < 4.78 is 5.49. The largest absolute Gasteiger partial charge is 0.481 e. The summed E-state index contributed by atoms with van der Waals surface area (Å²) in [7, 11) is 0. The number of carboxylic acids is 2. The Morgan fingerprint density at radius 1 is 0.615 bits per heavy atom. The maximum absolute atomic E-state index is 12.2. The molecule has 1 heterocycles. The number of ether oxygens (including phenoxy) is 1. The second-order valence-electron chi connectivity index (χ2n) is 14.7. The van der Waals surface area contributed by atoms with E-state index >= 15 is 0 Å². The molecule has 9 heteroatoms. The van der Waals surface area contributed by atoms with Gasteiger partial charge in [0.1, 0.15) is 0 Å². The highest BCUT2D eigenvalue weighted by molar-refractivity contribution is 5.69. The Hall–Kier alpha value is -2.65. The number of rotatable bonds is 37. The number of carbonyl (C=O) groups is 3. The van der Waals surface area contributed by atoms with Gasteiger partial charge in [0.25, 0.3) is 0 Å². The fourth-order valence-electron chi connectivity index (χ4n) is 6.90. The van der Waals surface area contributed by atoms with E-state index in [9.17, 15) is 19.5 Å². The van der Waals surface area contributed by atoms with Crippen molar-refractivity contribution in [3.63, 3.8) is 0 Å². The minimum atomic E-state index is -0.750. The first-order chi connectivity index (χ1) is 25.4. The molecule has 1 aliphatic heterocycles. The molecule has 0 saturated carbocycles. The molecule has 0 radical (unpaired) electrons. The highest BCUT2D eigenvalue weighted by atomic mass is 16.5. The van der Waals surface area contributed by atoms with Crippen LogP contribution in [0.2, 0.25) is 0 Å². The van der Waals surface area contributed by atoms with Gasteiger partial charge in [0.05, 0.1) is 6.61 Å². The maximum Gasteiger partial charge on any atom is 0.305 e. The van der Waals surface area contributed by atoms with E-state index in [1.165, 1.54) is 74.6 Å². The molecular formula is C43H76N2O7. The number of unbranched alkanes of at least 4 members (excludes halogenated alkanes) is 16. The number of hydrogen-bond acceptors (Lipinski definition) is 7. The summed E-state index contributed by atoms with van der Waals surface area (Å²) in [6.07, 6.45) is 33.4. The van der Waals surface area contributed by atoms with Crippen LogP contribution in [0.4, 0.5) is 0 Å². The average Bonchev–Trinajstić information content (AvgIpc) is 3.31. The monoisotopic (exact) mass is 733 g/mol. The Morgan fingerprint density at radius 2 is 1.15 bits per heavy atom. The van der Waals surface area contributed by atoms with E-state index < -0.39 is 11.9 Å². The van der Waals surface area contributed by atoms with Crippen LogP contribution in [-0.2, 0) is 19.1 Å². The normalized spacial score (nSPS) is 12.9. The van der Waals surface area contributed by atoms with Gasteiger partial charge in [0.2, 0.25) is 0 Å². The van der Waals surface area contributed by atoms with Crippen molar-refractivity contribution in [2.24, 2.45) is 0 Å². The Kier molecular flexibility index (Phi) is 31.1. The van der Waals surface area contributed by atoms with Gasteiger partial charge in [0.15, 0.2) is 0 Å². The molecule has 0 spiro atoms. The van der Waals surface area contributed by atoms with Gasteiger partial charge in [-0.3, -0.25) is 14.4 Å². The number of esters is 1. The number of carbonyl (C=O) groups excluding carboxylic acids is 1. The molecule has 0 aliphatic carbocycles. The van der Waals surface area contributed by atoms with Crippen molar-refractivity contribution in [2.45, 2.75) is 187 Å². The number of carboxylic acid groups (broad SMARTS) is 2. The Bertz CT molecular complexity index is 1020. The first-order valence-corrected chi connectivity index (χ1v) is 21.1. The molecule has 300 valence electrons. The lowest BCUT2D eigenvalue weighted by Gasteiger charge is -2.23. The third kappa shape index (κ3) is 27.9. The molecule has 0 unspecified atom stereocenters. The predicted molar refractivity (Wildman–Crippen MR) is 212 cm³/mol. The Morgan fingerprint density at radius 3 is 1.79 bits per heavy atom. The second-order valence-corrected chi connectivity index (χ2v) is 14.7. The van der Waals surface area contributed by atoms with E-state index in [4.69, 9.17) is 14.9 Å². The van der Waals surface area contributed by atoms with Gasteiger partial charge in [-0.05, 0) is 107 Å². The lowest BCUT2D eigenvalue weighted by molar-refractivity contribution is -0.144. The molecule has 0 aromatic rings. The maximum atomic E-state index is 12.2. The third-order valence-electron chi connectivity index (χ3n) is 9.96. The molecule has 4 N–H and O–H groups in total. The molecule has 0 aromatic carbocycles. The van der Waals surface area contributed by atoms with Crippen molar-refractivity contribution in [3.05, 3.63) is 35.2 Å². The van der Waals surface area contributed by atoms with Crippen LogP contribution in [0.3, 0.4) is 0 Å². The van der Waals surface area contributed by atoms with Crippen LogP contribution in [0.15, 0.2) is 35.2 Å². The molecule has 0 aromatic heterocycles. The third-order valence-corrected chi connectivity index (χ3v) is 9.96. The molecule has 9 nitrogen and oxygen atoms in total. The van der Waals surface area contributed by atoms with Crippen LogP contribution in [-0.4, -0.2) is 71.0 Å². The zero-order valence-corrected chi connectivity index (χ0v) is 33.0. The SMILES string of the molecule is CCCCCCCCCCCCCOC(=O)CCCCCN(CCCO)CCCC1=CC=CNC(CCCCCC(=O)O)=C1CCCCCC(=O)O. The number of hydrogen-bond donors (Lipinski definition) is 4. The zero-order chi connectivity index (χ0) is 37.9. The van der Waals surface area contributed by atoms with Crippen LogP contribution in [0.1, 0.15) is 187 Å². The number of nitrogens with zero attached hydrogens (tertiary/aromatic N) is 1. The quantitative estimate of drug-likeness (QED) is 0.0363. The van der Waals surface area contributed by atoms with Crippen molar-refractivity contribution in [1.82, 2.24) is 10.2 Å². The second kappa shape index (κ2) is 34.1. The summed E-state index contributed by atoms with van der Waals surface area (Å²) >= 11 is 0. The minimum absolute atomic E-state index is 0.0743. The van der Waals surface area contributed by atoms with Crippen LogP contribution in [0.5, 0.6) is 0 Å². The van der Waals surface area contributed by atoms with Crippen LogP contribution < -0.4 is 5.32 Å². The smallest absolute Gasteiger partial charge is 0.305 e. The van der Waals surface area contributed by atoms with Gasteiger partial charge in [0, 0.05) is 44.3 Å². The molecule has 1 rings (SSSR count). The molecule has 0 saturated heterocycles. The highest BCUT2D eigenvalue weighted by Crippen LogP contribution is 2.29. The Labute approximate surface area is 316 Å². The van der Waals surface area contributed by atoms with E-state index in [0.29, 0.717) is 25.9 Å². The molecule has 0 fully saturated rings. The van der Waals surface area contributed by atoms with Crippen LogP contribution in [0.25, 0.3) is 0 Å². The van der Waals surface area contributed by atoms with E-state index in [2.05, 4.69) is 29.3 Å². The van der Waals surface area contributed by atoms with Gasteiger partial charge in [-0.25, -0.2) is 0 Å². The van der Waals surface area contributed by atoms with Gasteiger partial charge in [-0.15, -0.1) is 0 Å². The van der Waals surface area contributed by atoms with Gasteiger partial charge in [-0.1, -0.05) is 96.5 Å². The van der Waals surface area contributed by atoms with Gasteiger partial charge >= 0.3 is 17.9 Å². The van der Waals surface area contributed by atoms with Crippen LogP contribution in [0, 0.1) is 0 Å². The Balaban J connectivity index is 2.43. The zero-order valence-electron chi connectivity index (χ0n) is 33.0. The summed E-state index contributed by atoms with van der Waals surface area (Å²) in [4.78, 5) is 36.6. The van der Waals surface area contributed by atoms with E-state index in [-0.39, 0.29) is 25.4 Å². The van der Waals surface area contributed by atoms with Crippen molar-refractivity contribution < 1.29 is 34.4 Å². The molecule has 0 atom stereocenters. The summed E-state index contributed by atoms with van der Waals surface area (Å²) in [5, 5.41) is 31.0. The molecular weight excluding hydrogens is 656 g/mol. The number of aliphatic carboxylic acids is 2. The molecule has 0 bridgehead atoms. The first kappa shape index (κ1) is 47.4. The number of aliphatic hydroxyl groups excluding tert-OH is 1. The first-order valence-electron chi connectivity index (χ1n) is 21.1. The van der Waals surface area contributed by atoms with Crippen molar-refractivity contribution in [3.8, 4) is 0 Å². The van der Waals surface area contributed by atoms with E-state index in [1.807, 2.05) is 6.20 Å². The number of nitrogens with one attached hydrogen (secondary N) is 1. The summed E-state index contributed by atoms with van der Waals surface area (Å²) in [6, 6.07) is 0. The topological polar surface area (TPSA) is 136 Å². The van der Waals surface area contributed by atoms with Crippen LogP contribution >= 0.6 is 0 Å². The van der Waals surface area contributed by atoms with Crippen molar-refractivity contribution in [2.75, 3.05) is 32.8 Å².